The molecule has 3 aromatic rings. The van der Waals surface area contributed by atoms with Crippen LogP contribution in [0.25, 0.3) is 22.5 Å². The lowest BCUT2D eigenvalue weighted by Gasteiger charge is -2.07. The molecule has 0 bridgehead atoms. The third kappa shape index (κ3) is 3.07. The van der Waals surface area contributed by atoms with Gasteiger partial charge in [0.25, 0.3) is 5.91 Å². The van der Waals surface area contributed by atoms with Crippen molar-refractivity contribution in [1.82, 2.24) is 15.0 Å². The minimum Gasteiger partial charge on any atom is -0.271 e. The summed E-state index contributed by atoms with van der Waals surface area (Å²) in [5.74, 6) is -0.249. The van der Waals surface area contributed by atoms with Gasteiger partial charge in [-0.3, -0.25) is 4.79 Å². The second-order valence-corrected chi connectivity index (χ2v) is 6.50. The van der Waals surface area contributed by atoms with Crippen molar-refractivity contribution in [2.75, 3.05) is 0 Å². The quantitative estimate of drug-likeness (QED) is 0.631. The molecular weight excluding hydrogens is 345 g/mol. The van der Waals surface area contributed by atoms with Gasteiger partial charge in [-0.05, 0) is 49.2 Å². The van der Waals surface area contributed by atoms with Gasteiger partial charge in [0.05, 0.1) is 0 Å². The van der Waals surface area contributed by atoms with Crippen molar-refractivity contribution in [3.63, 3.8) is 0 Å². The normalized spacial score (nSPS) is 10.9. The molecule has 0 saturated carbocycles. The van der Waals surface area contributed by atoms with Gasteiger partial charge in [-0.2, -0.15) is 0 Å². The second-order valence-electron chi connectivity index (χ2n) is 5.62. The summed E-state index contributed by atoms with van der Waals surface area (Å²) in [6.45, 7) is 5.33. The SMILES string of the molecule is CC(=O)n1nc(-c2ccc(Cl)cc2C)c(-c2ccc(Cl)cc2C)n1. The largest absolute Gasteiger partial charge is 0.271 e. The highest BCUT2D eigenvalue weighted by Crippen LogP contribution is 2.34. The van der Waals surface area contributed by atoms with E-state index in [1.54, 1.807) is 12.1 Å². The molecule has 0 aliphatic heterocycles. The number of rotatable bonds is 2. The number of aryl methyl sites for hydroxylation is 2. The minimum atomic E-state index is -0.249. The van der Waals surface area contributed by atoms with Crippen LogP contribution in [0.5, 0.6) is 0 Å². The summed E-state index contributed by atoms with van der Waals surface area (Å²) in [5, 5.41) is 10.1. The Morgan fingerprint density at radius 2 is 1.29 bits per heavy atom. The van der Waals surface area contributed by atoms with E-state index >= 15 is 0 Å². The molecule has 122 valence electrons. The first-order valence-electron chi connectivity index (χ1n) is 7.38. The number of hydrogen-bond donors (Lipinski definition) is 0. The first kappa shape index (κ1) is 16.7. The molecule has 1 heterocycles. The van der Waals surface area contributed by atoms with Crippen molar-refractivity contribution in [2.24, 2.45) is 0 Å². The molecule has 0 aliphatic carbocycles. The summed E-state index contributed by atoms with van der Waals surface area (Å²) in [6, 6.07) is 11.1. The van der Waals surface area contributed by atoms with Crippen LogP contribution < -0.4 is 0 Å². The number of halogens is 2. The number of carbonyl (C=O) groups excluding carboxylic acids is 1. The fourth-order valence-corrected chi connectivity index (χ4v) is 3.05. The summed E-state index contributed by atoms with van der Waals surface area (Å²) in [4.78, 5) is 12.9. The van der Waals surface area contributed by atoms with Crippen LogP contribution in [0.15, 0.2) is 36.4 Å². The van der Waals surface area contributed by atoms with E-state index in [1.165, 1.54) is 6.92 Å². The van der Waals surface area contributed by atoms with Crippen molar-refractivity contribution in [3.05, 3.63) is 57.6 Å². The van der Waals surface area contributed by atoms with Gasteiger partial charge in [-0.25, -0.2) is 0 Å². The zero-order valence-corrected chi connectivity index (χ0v) is 15.0. The Kier molecular flexibility index (Phi) is 4.43. The molecule has 0 aliphatic rings. The topological polar surface area (TPSA) is 47.8 Å². The van der Waals surface area contributed by atoms with E-state index < -0.39 is 0 Å². The Hall–Kier alpha value is -2.17. The van der Waals surface area contributed by atoms with E-state index in [4.69, 9.17) is 23.2 Å². The van der Waals surface area contributed by atoms with Gasteiger partial charge >= 0.3 is 0 Å². The molecule has 24 heavy (non-hydrogen) atoms. The van der Waals surface area contributed by atoms with Crippen LogP contribution in [-0.2, 0) is 0 Å². The van der Waals surface area contributed by atoms with Crippen molar-refractivity contribution in [3.8, 4) is 22.5 Å². The standard InChI is InChI=1S/C18H15Cl2N3O/c1-10-8-13(19)4-6-15(10)17-18(22-23(21-17)12(3)24)16-7-5-14(20)9-11(16)2/h4-9H,1-3H3. The lowest BCUT2D eigenvalue weighted by Crippen LogP contribution is -2.09. The van der Waals surface area contributed by atoms with Crippen LogP contribution >= 0.6 is 23.2 Å². The van der Waals surface area contributed by atoms with Crippen LogP contribution in [0.1, 0.15) is 22.8 Å². The van der Waals surface area contributed by atoms with E-state index in [9.17, 15) is 4.79 Å². The van der Waals surface area contributed by atoms with Crippen LogP contribution in [0.2, 0.25) is 10.0 Å². The Balaban J connectivity index is 2.27. The van der Waals surface area contributed by atoms with Gasteiger partial charge in [0.15, 0.2) is 0 Å². The van der Waals surface area contributed by atoms with E-state index in [-0.39, 0.29) is 5.91 Å². The maximum atomic E-state index is 11.7. The molecule has 1 aromatic heterocycles. The molecule has 0 unspecified atom stereocenters. The summed E-state index contributed by atoms with van der Waals surface area (Å²) in [6.07, 6.45) is 0. The highest BCUT2D eigenvalue weighted by Gasteiger charge is 2.19. The lowest BCUT2D eigenvalue weighted by molar-refractivity contribution is 0.0903. The zero-order valence-electron chi connectivity index (χ0n) is 13.5. The smallest absolute Gasteiger partial charge is 0.261 e. The predicted octanol–water partition coefficient (Wildman–Crippen LogP) is 5.20. The van der Waals surface area contributed by atoms with Crippen LogP contribution in [-0.4, -0.2) is 20.9 Å². The molecule has 0 amide bonds. The summed E-state index contributed by atoms with van der Waals surface area (Å²) in [7, 11) is 0. The summed E-state index contributed by atoms with van der Waals surface area (Å²) in [5.41, 5.74) is 4.99. The average molecular weight is 360 g/mol. The third-order valence-corrected chi connectivity index (χ3v) is 4.25. The Bertz CT molecular complexity index is 878. The zero-order chi connectivity index (χ0) is 17.4. The first-order valence-corrected chi connectivity index (χ1v) is 8.13. The van der Waals surface area contributed by atoms with Crippen LogP contribution in [0, 0.1) is 13.8 Å². The molecule has 0 N–H and O–H groups in total. The van der Waals surface area contributed by atoms with E-state index in [0.29, 0.717) is 21.4 Å². The fraction of sp³-hybridized carbons (Fsp3) is 0.167. The average Bonchev–Trinajstić information content (AvgIpc) is 2.92. The minimum absolute atomic E-state index is 0.249. The van der Waals surface area contributed by atoms with E-state index in [0.717, 1.165) is 27.1 Å². The predicted molar refractivity (Wildman–Crippen MR) is 96.7 cm³/mol. The highest BCUT2D eigenvalue weighted by molar-refractivity contribution is 6.31. The molecular formula is C18H15Cl2N3O. The molecule has 4 nitrogen and oxygen atoms in total. The van der Waals surface area contributed by atoms with Crippen molar-refractivity contribution in [1.29, 1.82) is 0 Å². The number of aromatic nitrogens is 3. The Morgan fingerprint density at radius 3 is 1.62 bits per heavy atom. The van der Waals surface area contributed by atoms with Gasteiger partial charge in [-0.15, -0.1) is 15.0 Å². The molecule has 0 spiro atoms. The first-order chi connectivity index (χ1) is 11.4. The van der Waals surface area contributed by atoms with E-state index in [2.05, 4.69) is 10.2 Å². The number of hydrogen-bond acceptors (Lipinski definition) is 3. The number of carbonyl (C=O) groups is 1. The maximum absolute atomic E-state index is 11.7. The molecule has 6 heteroatoms. The monoisotopic (exact) mass is 359 g/mol. The van der Waals surface area contributed by atoms with Crippen molar-refractivity contribution in [2.45, 2.75) is 20.8 Å². The fourth-order valence-electron chi connectivity index (χ4n) is 2.60. The second kappa shape index (κ2) is 6.38. The molecule has 0 saturated heterocycles. The van der Waals surface area contributed by atoms with Gasteiger partial charge in [0, 0.05) is 28.1 Å². The molecule has 3 rings (SSSR count). The summed E-state index contributed by atoms with van der Waals surface area (Å²) < 4.78 is 0. The molecule has 0 radical (unpaired) electrons. The van der Waals surface area contributed by atoms with Crippen LogP contribution in [0.3, 0.4) is 0 Å². The maximum Gasteiger partial charge on any atom is 0.261 e. The van der Waals surface area contributed by atoms with Crippen LogP contribution in [0.4, 0.5) is 0 Å². The van der Waals surface area contributed by atoms with Gasteiger partial charge < -0.3 is 0 Å². The molecule has 0 atom stereocenters. The number of nitrogens with zero attached hydrogens (tertiary/aromatic N) is 3. The number of benzene rings is 2. The lowest BCUT2D eigenvalue weighted by atomic mass is 9.99. The van der Waals surface area contributed by atoms with E-state index in [1.807, 2.05) is 38.1 Å². The Labute approximate surface area is 150 Å². The highest BCUT2D eigenvalue weighted by atomic mass is 35.5. The molecule has 0 fully saturated rings. The van der Waals surface area contributed by atoms with Gasteiger partial charge in [0.1, 0.15) is 11.4 Å². The van der Waals surface area contributed by atoms with Crippen molar-refractivity contribution >= 4 is 29.1 Å². The summed E-state index contributed by atoms with van der Waals surface area (Å²) >= 11 is 12.1. The van der Waals surface area contributed by atoms with Gasteiger partial charge in [-0.1, -0.05) is 35.3 Å². The Morgan fingerprint density at radius 1 is 0.875 bits per heavy atom. The van der Waals surface area contributed by atoms with Crippen molar-refractivity contribution < 1.29 is 4.79 Å². The third-order valence-electron chi connectivity index (χ3n) is 3.78. The van der Waals surface area contributed by atoms with Gasteiger partial charge in [0.2, 0.25) is 0 Å². The molecule has 2 aromatic carbocycles.